The SMILES string of the molecule is C.CCOC(=O)[C@@H]1CCCC[C@@H]1N[C@@H](C)c1ccccc1.C[C@H](N[C@H]1CCCC[C@@H]1C)c1ccccc1. The Morgan fingerprint density at radius 2 is 1.24 bits per heavy atom. The smallest absolute Gasteiger partial charge is 0.310 e. The van der Waals surface area contributed by atoms with Crippen LogP contribution in [0.5, 0.6) is 0 Å². The second-order valence-corrected chi connectivity index (χ2v) is 10.7. The first-order chi connectivity index (χ1) is 17.5. The van der Waals surface area contributed by atoms with Crippen molar-refractivity contribution in [1.29, 1.82) is 0 Å². The van der Waals surface area contributed by atoms with Gasteiger partial charge in [0.15, 0.2) is 0 Å². The zero-order chi connectivity index (χ0) is 25.8. The van der Waals surface area contributed by atoms with Crippen LogP contribution in [0.15, 0.2) is 60.7 Å². The van der Waals surface area contributed by atoms with Gasteiger partial charge in [0.2, 0.25) is 0 Å². The maximum Gasteiger partial charge on any atom is 0.310 e. The molecule has 0 aromatic heterocycles. The normalized spacial score (nSPS) is 25.0. The fourth-order valence-corrected chi connectivity index (χ4v) is 5.74. The third-order valence-electron chi connectivity index (χ3n) is 7.99. The molecule has 0 aliphatic heterocycles. The second kappa shape index (κ2) is 16.6. The second-order valence-electron chi connectivity index (χ2n) is 10.7. The molecule has 2 aliphatic rings. The lowest BCUT2D eigenvalue weighted by atomic mass is 9.84. The molecule has 2 N–H and O–H groups in total. The molecule has 0 saturated heterocycles. The maximum atomic E-state index is 12.1. The van der Waals surface area contributed by atoms with E-state index < -0.39 is 0 Å². The molecule has 4 heteroatoms. The number of nitrogens with one attached hydrogen (secondary N) is 2. The van der Waals surface area contributed by atoms with Crippen LogP contribution >= 0.6 is 0 Å². The highest BCUT2D eigenvalue weighted by Gasteiger charge is 2.32. The summed E-state index contributed by atoms with van der Waals surface area (Å²) in [6.45, 7) is 9.16. The summed E-state index contributed by atoms with van der Waals surface area (Å²) < 4.78 is 5.22. The molecule has 0 radical (unpaired) electrons. The molecule has 0 unspecified atom stereocenters. The van der Waals surface area contributed by atoms with Gasteiger partial charge in [-0.3, -0.25) is 4.79 Å². The van der Waals surface area contributed by atoms with Crippen LogP contribution in [0, 0.1) is 11.8 Å². The minimum absolute atomic E-state index is 0. The first-order valence-electron chi connectivity index (χ1n) is 14.3. The van der Waals surface area contributed by atoms with Crippen molar-refractivity contribution in [2.75, 3.05) is 6.61 Å². The quantitative estimate of drug-likeness (QED) is 0.355. The Balaban J connectivity index is 0.000000259. The number of esters is 1. The lowest BCUT2D eigenvalue weighted by molar-refractivity contribution is -0.150. The molecule has 2 aliphatic carbocycles. The van der Waals surface area contributed by atoms with Gasteiger partial charge in [-0.25, -0.2) is 0 Å². The number of rotatable bonds is 8. The summed E-state index contributed by atoms with van der Waals surface area (Å²) in [4.78, 5) is 12.1. The Kier molecular flexibility index (Phi) is 14.0. The van der Waals surface area contributed by atoms with Crippen molar-refractivity contribution in [3.8, 4) is 0 Å². The zero-order valence-corrected chi connectivity index (χ0v) is 22.9. The molecule has 2 aromatic rings. The van der Waals surface area contributed by atoms with E-state index in [1.54, 1.807) is 0 Å². The lowest BCUT2D eigenvalue weighted by Crippen LogP contribution is -2.43. The molecule has 206 valence electrons. The van der Waals surface area contributed by atoms with Crippen molar-refractivity contribution in [2.45, 2.75) is 111 Å². The Bertz CT molecular complexity index is 872. The lowest BCUT2D eigenvalue weighted by Gasteiger charge is -2.33. The van der Waals surface area contributed by atoms with Crippen LogP contribution in [0.2, 0.25) is 0 Å². The standard InChI is InChI=1S/C17H25NO2.C15H23N.CH4/c1-3-20-17(19)15-11-7-8-12-16(15)18-13(2)14-9-5-4-6-10-14;1-12-8-6-7-11-15(12)16-13(2)14-9-4-3-5-10-14;/h4-6,9-10,13,15-16,18H,3,7-8,11-12H2,1-2H3;3-5,9-10,12-13,15-16H,6-8,11H2,1-2H3;1H4/t13-,15+,16-;12-,13-,15-;/m00./s1. The van der Waals surface area contributed by atoms with Gasteiger partial charge in [-0.05, 0) is 63.5 Å². The molecule has 0 heterocycles. The van der Waals surface area contributed by atoms with Gasteiger partial charge in [0, 0.05) is 24.2 Å². The summed E-state index contributed by atoms with van der Waals surface area (Å²) in [6, 6.07) is 22.8. The van der Waals surface area contributed by atoms with Gasteiger partial charge in [0.25, 0.3) is 0 Å². The van der Waals surface area contributed by atoms with Crippen molar-refractivity contribution in [1.82, 2.24) is 10.6 Å². The summed E-state index contributed by atoms with van der Waals surface area (Å²) in [6.07, 6.45) is 9.86. The minimum atomic E-state index is -0.0371. The number of carbonyl (C=O) groups excluding carboxylic acids is 1. The molecule has 0 amide bonds. The average Bonchev–Trinajstić information content (AvgIpc) is 2.92. The summed E-state index contributed by atoms with van der Waals surface area (Å²) >= 11 is 0. The highest BCUT2D eigenvalue weighted by Crippen LogP contribution is 2.28. The Labute approximate surface area is 227 Å². The van der Waals surface area contributed by atoms with Crippen LogP contribution in [0.4, 0.5) is 0 Å². The first-order valence-corrected chi connectivity index (χ1v) is 14.3. The average molecular weight is 509 g/mol. The van der Waals surface area contributed by atoms with E-state index in [9.17, 15) is 4.79 Å². The third-order valence-corrected chi connectivity index (χ3v) is 7.99. The van der Waals surface area contributed by atoms with Gasteiger partial charge in [0.05, 0.1) is 12.5 Å². The summed E-state index contributed by atoms with van der Waals surface area (Å²) in [5.41, 5.74) is 2.67. The molecule has 4 nitrogen and oxygen atoms in total. The number of hydrogen-bond acceptors (Lipinski definition) is 4. The summed E-state index contributed by atoms with van der Waals surface area (Å²) in [5.74, 6) is 0.805. The van der Waals surface area contributed by atoms with Crippen LogP contribution < -0.4 is 10.6 Å². The summed E-state index contributed by atoms with van der Waals surface area (Å²) in [5, 5.41) is 7.41. The number of ether oxygens (including phenoxy) is 1. The molecule has 0 spiro atoms. The third kappa shape index (κ3) is 9.90. The largest absolute Gasteiger partial charge is 0.466 e. The van der Waals surface area contributed by atoms with E-state index >= 15 is 0 Å². The minimum Gasteiger partial charge on any atom is -0.466 e. The molecule has 37 heavy (non-hydrogen) atoms. The molecule has 2 fully saturated rings. The Morgan fingerprint density at radius 1 is 0.784 bits per heavy atom. The summed E-state index contributed by atoms with van der Waals surface area (Å²) in [7, 11) is 0. The highest BCUT2D eigenvalue weighted by molar-refractivity contribution is 5.73. The number of benzene rings is 2. The number of hydrogen-bond donors (Lipinski definition) is 2. The molecular formula is C33H52N2O2. The van der Waals surface area contributed by atoms with Gasteiger partial charge >= 0.3 is 5.97 Å². The van der Waals surface area contributed by atoms with E-state index in [1.807, 2.05) is 13.0 Å². The topological polar surface area (TPSA) is 50.4 Å². The molecule has 6 atom stereocenters. The molecular weight excluding hydrogens is 456 g/mol. The van der Waals surface area contributed by atoms with Crippen molar-refractivity contribution in [3.05, 3.63) is 71.8 Å². The van der Waals surface area contributed by atoms with Crippen LogP contribution in [0.3, 0.4) is 0 Å². The molecule has 2 saturated carbocycles. The zero-order valence-electron chi connectivity index (χ0n) is 22.9. The number of carbonyl (C=O) groups is 1. The van der Waals surface area contributed by atoms with E-state index in [-0.39, 0.29) is 31.4 Å². The van der Waals surface area contributed by atoms with Crippen molar-refractivity contribution >= 4 is 5.97 Å². The van der Waals surface area contributed by atoms with Crippen molar-refractivity contribution in [3.63, 3.8) is 0 Å². The van der Waals surface area contributed by atoms with E-state index in [0.29, 0.717) is 18.7 Å². The molecule has 2 aromatic carbocycles. The molecule has 4 rings (SSSR count). The van der Waals surface area contributed by atoms with Gasteiger partial charge in [0.1, 0.15) is 0 Å². The van der Waals surface area contributed by atoms with Gasteiger partial charge in [-0.15, -0.1) is 0 Å². The monoisotopic (exact) mass is 508 g/mol. The van der Waals surface area contributed by atoms with Crippen molar-refractivity contribution < 1.29 is 9.53 Å². The van der Waals surface area contributed by atoms with E-state index in [2.05, 4.69) is 86.0 Å². The van der Waals surface area contributed by atoms with Gasteiger partial charge in [-0.1, -0.05) is 101 Å². The van der Waals surface area contributed by atoms with E-state index in [0.717, 1.165) is 25.2 Å². The van der Waals surface area contributed by atoms with Gasteiger partial charge in [-0.2, -0.15) is 0 Å². The maximum absolute atomic E-state index is 12.1. The van der Waals surface area contributed by atoms with Crippen LogP contribution in [0.1, 0.15) is 110 Å². The van der Waals surface area contributed by atoms with Gasteiger partial charge < -0.3 is 15.4 Å². The van der Waals surface area contributed by atoms with E-state index in [4.69, 9.17) is 4.74 Å². The Hall–Kier alpha value is -2.17. The van der Waals surface area contributed by atoms with Crippen molar-refractivity contribution in [2.24, 2.45) is 11.8 Å². The molecule has 0 bridgehead atoms. The Morgan fingerprint density at radius 3 is 1.76 bits per heavy atom. The fraction of sp³-hybridized carbons (Fsp3) is 0.606. The fourth-order valence-electron chi connectivity index (χ4n) is 5.74. The predicted molar refractivity (Wildman–Crippen MR) is 157 cm³/mol. The van der Waals surface area contributed by atoms with Crippen LogP contribution in [-0.2, 0) is 9.53 Å². The van der Waals surface area contributed by atoms with Crippen LogP contribution in [0.25, 0.3) is 0 Å². The van der Waals surface area contributed by atoms with E-state index in [1.165, 1.54) is 43.2 Å². The first kappa shape index (κ1) is 31.1. The van der Waals surface area contributed by atoms with Crippen LogP contribution in [-0.4, -0.2) is 24.7 Å². The highest BCUT2D eigenvalue weighted by atomic mass is 16.5. The predicted octanol–water partition coefficient (Wildman–Crippen LogP) is 8.01.